The molecular formula is C14H16ClNO2. The molecule has 0 spiro atoms. The molecule has 2 N–H and O–H groups in total. The van der Waals surface area contributed by atoms with Crippen LogP contribution in [0.2, 0.25) is 5.02 Å². The molecule has 18 heavy (non-hydrogen) atoms. The van der Waals surface area contributed by atoms with Gasteiger partial charge in [0, 0.05) is 12.1 Å². The van der Waals surface area contributed by atoms with Crippen molar-refractivity contribution in [3.05, 3.63) is 58.0 Å². The molecule has 0 saturated heterocycles. The molecule has 1 heterocycles. The van der Waals surface area contributed by atoms with Gasteiger partial charge in [0.15, 0.2) is 0 Å². The molecule has 0 bridgehead atoms. The number of benzene rings is 1. The minimum absolute atomic E-state index is 0.311. The molecule has 0 radical (unpaired) electrons. The summed E-state index contributed by atoms with van der Waals surface area (Å²) in [7, 11) is 1.63. The Morgan fingerprint density at radius 2 is 2.11 bits per heavy atom. The summed E-state index contributed by atoms with van der Waals surface area (Å²) < 4.78 is 10.7. The Labute approximate surface area is 111 Å². The van der Waals surface area contributed by atoms with Gasteiger partial charge in [0.05, 0.1) is 6.04 Å². The second-order valence-corrected chi connectivity index (χ2v) is 4.58. The third-order valence-electron chi connectivity index (χ3n) is 2.92. The van der Waals surface area contributed by atoms with Crippen LogP contribution in [0.3, 0.4) is 0 Å². The molecule has 1 atom stereocenters. The van der Waals surface area contributed by atoms with Crippen LogP contribution in [-0.2, 0) is 11.3 Å². The Morgan fingerprint density at radius 3 is 2.83 bits per heavy atom. The molecule has 0 amide bonds. The number of nitrogens with two attached hydrogens (primary N) is 1. The first-order valence-corrected chi connectivity index (χ1v) is 6.09. The lowest BCUT2D eigenvalue weighted by atomic mass is 10.0. The van der Waals surface area contributed by atoms with Gasteiger partial charge in [-0.25, -0.2) is 0 Å². The number of hydrogen-bond acceptors (Lipinski definition) is 3. The van der Waals surface area contributed by atoms with Crippen molar-refractivity contribution in [1.29, 1.82) is 0 Å². The van der Waals surface area contributed by atoms with E-state index in [1.165, 1.54) is 0 Å². The predicted octanol–water partition coefficient (Wildman–Crippen LogP) is 3.44. The highest BCUT2D eigenvalue weighted by atomic mass is 35.5. The maximum absolute atomic E-state index is 6.20. The van der Waals surface area contributed by atoms with Crippen molar-refractivity contribution in [3.8, 4) is 0 Å². The molecule has 1 unspecified atom stereocenters. The zero-order valence-electron chi connectivity index (χ0n) is 10.4. The molecule has 0 saturated carbocycles. The van der Waals surface area contributed by atoms with Crippen LogP contribution in [-0.4, -0.2) is 7.11 Å². The molecule has 96 valence electrons. The normalized spacial score (nSPS) is 12.7. The van der Waals surface area contributed by atoms with Crippen molar-refractivity contribution in [2.75, 3.05) is 7.11 Å². The predicted molar refractivity (Wildman–Crippen MR) is 71.6 cm³/mol. The molecule has 0 fully saturated rings. The molecule has 2 rings (SSSR count). The van der Waals surface area contributed by atoms with Crippen LogP contribution in [0.1, 0.15) is 28.7 Å². The van der Waals surface area contributed by atoms with Gasteiger partial charge < -0.3 is 14.9 Å². The van der Waals surface area contributed by atoms with E-state index >= 15 is 0 Å². The summed E-state index contributed by atoms with van der Waals surface area (Å²) >= 11 is 6.09. The van der Waals surface area contributed by atoms with Crippen molar-refractivity contribution in [2.24, 2.45) is 5.73 Å². The monoisotopic (exact) mass is 265 g/mol. The van der Waals surface area contributed by atoms with E-state index in [0.717, 1.165) is 16.9 Å². The molecule has 4 heteroatoms. The zero-order chi connectivity index (χ0) is 13.1. The summed E-state index contributed by atoms with van der Waals surface area (Å²) in [5, 5.41) is 0.714. The van der Waals surface area contributed by atoms with Gasteiger partial charge in [-0.05, 0) is 36.2 Å². The lowest BCUT2D eigenvalue weighted by Crippen LogP contribution is -2.12. The highest BCUT2D eigenvalue weighted by Gasteiger charge is 2.16. The smallest absolute Gasteiger partial charge is 0.129 e. The first kappa shape index (κ1) is 13.1. The van der Waals surface area contributed by atoms with Crippen LogP contribution in [0.25, 0.3) is 0 Å². The number of furan rings is 1. The Hall–Kier alpha value is -1.29. The first-order chi connectivity index (χ1) is 8.63. The summed E-state index contributed by atoms with van der Waals surface area (Å²) in [4.78, 5) is 0. The van der Waals surface area contributed by atoms with Crippen LogP contribution in [0.15, 0.2) is 34.7 Å². The van der Waals surface area contributed by atoms with E-state index < -0.39 is 0 Å². The van der Waals surface area contributed by atoms with E-state index in [0.29, 0.717) is 17.4 Å². The van der Waals surface area contributed by atoms with E-state index in [-0.39, 0.29) is 6.04 Å². The molecule has 1 aromatic heterocycles. The Balaban J connectivity index is 2.29. The molecule has 1 aromatic carbocycles. The summed E-state index contributed by atoms with van der Waals surface area (Å²) in [5.74, 6) is 1.48. The largest absolute Gasteiger partial charge is 0.462 e. The van der Waals surface area contributed by atoms with Crippen molar-refractivity contribution >= 4 is 11.6 Å². The minimum atomic E-state index is -0.311. The lowest BCUT2D eigenvalue weighted by molar-refractivity contribution is 0.162. The zero-order valence-corrected chi connectivity index (χ0v) is 11.2. The van der Waals surface area contributed by atoms with Crippen LogP contribution in [0.5, 0.6) is 0 Å². The maximum atomic E-state index is 6.20. The van der Waals surface area contributed by atoms with Crippen molar-refractivity contribution < 1.29 is 9.15 Å². The highest BCUT2D eigenvalue weighted by molar-refractivity contribution is 6.31. The van der Waals surface area contributed by atoms with Gasteiger partial charge in [0.25, 0.3) is 0 Å². The molecule has 2 aromatic rings. The van der Waals surface area contributed by atoms with Gasteiger partial charge in [-0.2, -0.15) is 0 Å². The van der Waals surface area contributed by atoms with Gasteiger partial charge in [0.2, 0.25) is 0 Å². The summed E-state index contributed by atoms with van der Waals surface area (Å²) in [5.41, 5.74) is 8.16. The van der Waals surface area contributed by atoms with Crippen molar-refractivity contribution in [2.45, 2.75) is 19.6 Å². The van der Waals surface area contributed by atoms with Crippen LogP contribution >= 0.6 is 11.6 Å². The summed E-state index contributed by atoms with van der Waals surface area (Å²) in [6.45, 7) is 2.40. The average Bonchev–Trinajstić information content (AvgIpc) is 2.81. The van der Waals surface area contributed by atoms with Gasteiger partial charge >= 0.3 is 0 Å². The third-order valence-corrected chi connectivity index (χ3v) is 3.33. The van der Waals surface area contributed by atoms with E-state index in [2.05, 4.69) is 0 Å². The first-order valence-electron chi connectivity index (χ1n) is 5.71. The Morgan fingerprint density at radius 1 is 1.33 bits per heavy atom. The van der Waals surface area contributed by atoms with Crippen LogP contribution in [0, 0.1) is 6.92 Å². The number of hydrogen-bond donors (Lipinski definition) is 1. The SMILES string of the molecule is COCc1ccc(C(N)c2cccc(Cl)c2C)o1. The number of rotatable bonds is 4. The third kappa shape index (κ3) is 2.58. The number of halogens is 1. The summed E-state index contributed by atoms with van der Waals surface area (Å²) in [6, 6.07) is 9.14. The van der Waals surface area contributed by atoms with Gasteiger partial charge in [-0.3, -0.25) is 0 Å². The standard InChI is InChI=1S/C14H16ClNO2/c1-9-11(4-3-5-12(9)15)14(16)13-7-6-10(18-13)8-17-2/h3-7,14H,8,16H2,1-2H3. The van der Waals surface area contributed by atoms with Crippen molar-refractivity contribution in [3.63, 3.8) is 0 Å². The highest BCUT2D eigenvalue weighted by Crippen LogP contribution is 2.28. The lowest BCUT2D eigenvalue weighted by Gasteiger charge is -2.13. The van der Waals surface area contributed by atoms with Gasteiger partial charge in [0.1, 0.15) is 18.1 Å². The average molecular weight is 266 g/mol. The fraction of sp³-hybridized carbons (Fsp3) is 0.286. The fourth-order valence-electron chi connectivity index (χ4n) is 1.90. The minimum Gasteiger partial charge on any atom is -0.462 e. The number of ether oxygens (including phenoxy) is 1. The van der Waals surface area contributed by atoms with E-state index in [9.17, 15) is 0 Å². The van der Waals surface area contributed by atoms with Crippen LogP contribution in [0.4, 0.5) is 0 Å². The van der Waals surface area contributed by atoms with Gasteiger partial charge in [-0.1, -0.05) is 23.7 Å². The quantitative estimate of drug-likeness (QED) is 0.921. The maximum Gasteiger partial charge on any atom is 0.129 e. The van der Waals surface area contributed by atoms with E-state index in [4.69, 9.17) is 26.5 Å². The van der Waals surface area contributed by atoms with Crippen molar-refractivity contribution in [1.82, 2.24) is 0 Å². The Bertz CT molecular complexity index is 536. The second-order valence-electron chi connectivity index (χ2n) is 4.17. The van der Waals surface area contributed by atoms with Crippen LogP contribution < -0.4 is 5.73 Å². The van der Waals surface area contributed by atoms with E-state index in [1.807, 2.05) is 37.3 Å². The fourth-order valence-corrected chi connectivity index (χ4v) is 2.08. The molecule has 0 aliphatic rings. The second kappa shape index (κ2) is 5.57. The summed E-state index contributed by atoms with van der Waals surface area (Å²) in [6.07, 6.45) is 0. The number of methoxy groups -OCH3 is 1. The molecule has 0 aliphatic heterocycles. The topological polar surface area (TPSA) is 48.4 Å². The molecule has 0 aliphatic carbocycles. The Kier molecular flexibility index (Phi) is 4.07. The molecule has 3 nitrogen and oxygen atoms in total. The van der Waals surface area contributed by atoms with Gasteiger partial charge in [-0.15, -0.1) is 0 Å². The molecular weight excluding hydrogens is 250 g/mol. The van der Waals surface area contributed by atoms with E-state index in [1.54, 1.807) is 7.11 Å².